The fourth-order valence-corrected chi connectivity index (χ4v) is 5.29. The third kappa shape index (κ3) is 6.06. The van der Waals surface area contributed by atoms with Crippen LogP contribution >= 0.6 is 66.8 Å². The highest BCUT2D eigenvalue weighted by atomic mass is 79.9. The van der Waals surface area contributed by atoms with Crippen LogP contribution in [-0.2, 0) is 11.4 Å². The zero-order valence-electron chi connectivity index (χ0n) is 18.5. The van der Waals surface area contributed by atoms with E-state index in [1.165, 1.54) is 11.8 Å². The van der Waals surface area contributed by atoms with Crippen LogP contribution in [0.1, 0.15) is 16.7 Å². The van der Waals surface area contributed by atoms with E-state index < -0.39 is 0 Å². The van der Waals surface area contributed by atoms with Crippen LogP contribution in [0.3, 0.4) is 0 Å². The first-order valence-electron chi connectivity index (χ1n) is 10.2. The summed E-state index contributed by atoms with van der Waals surface area (Å²) in [6, 6.07) is 14.9. The number of para-hydroxylation sites is 1. The molecule has 5 nitrogen and oxygen atoms in total. The van der Waals surface area contributed by atoms with E-state index in [1.54, 1.807) is 31.4 Å². The zero-order valence-corrected chi connectivity index (χ0v) is 24.0. The fourth-order valence-electron chi connectivity index (χ4n) is 3.20. The molecule has 10 heteroatoms. The van der Waals surface area contributed by atoms with Gasteiger partial charge in [0.2, 0.25) is 0 Å². The Labute approximate surface area is 234 Å². The first-order valence-corrected chi connectivity index (χ1v) is 13.4. The number of carbonyl (C=O) groups is 1. The van der Waals surface area contributed by atoms with Crippen molar-refractivity contribution in [3.05, 3.63) is 89.1 Å². The fraction of sp³-hybridized carbons (Fsp3) is 0.120. The Bertz CT molecular complexity index is 1380. The van der Waals surface area contributed by atoms with Crippen molar-refractivity contribution in [1.29, 1.82) is 0 Å². The van der Waals surface area contributed by atoms with Gasteiger partial charge >= 0.3 is 0 Å². The van der Waals surface area contributed by atoms with Crippen molar-refractivity contribution >= 4 is 89.7 Å². The highest BCUT2D eigenvalue weighted by molar-refractivity contribution is 9.13. The van der Waals surface area contributed by atoms with Gasteiger partial charge in [-0.1, -0.05) is 47.5 Å². The van der Waals surface area contributed by atoms with Crippen LogP contribution in [0.4, 0.5) is 5.69 Å². The summed E-state index contributed by atoms with van der Waals surface area (Å²) >= 11 is 20.6. The summed E-state index contributed by atoms with van der Waals surface area (Å²) in [7, 11) is 1.56. The van der Waals surface area contributed by atoms with E-state index in [0.29, 0.717) is 40.6 Å². The molecule has 1 heterocycles. The number of aryl methyl sites for hydroxylation is 1. The molecule has 3 aromatic rings. The minimum absolute atomic E-state index is 0.218. The Morgan fingerprint density at radius 2 is 1.86 bits per heavy atom. The summed E-state index contributed by atoms with van der Waals surface area (Å²) in [5.74, 6) is 0.798. The lowest BCUT2D eigenvalue weighted by atomic mass is 10.1. The molecule has 180 valence electrons. The van der Waals surface area contributed by atoms with Gasteiger partial charge < -0.3 is 14.8 Å². The number of aliphatic imine (C=N–C) groups is 1. The number of thioether (sulfide) groups is 1. The molecule has 0 bridgehead atoms. The van der Waals surface area contributed by atoms with E-state index in [9.17, 15) is 4.79 Å². The Morgan fingerprint density at radius 3 is 2.57 bits per heavy atom. The number of amidine groups is 1. The quantitative estimate of drug-likeness (QED) is 0.271. The average Bonchev–Trinajstić information content (AvgIpc) is 3.18. The lowest BCUT2D eigenvalue weighted by Crippen LogP contribution is -2.19. The highest BCUT2D eigenvalue weighted by Crippen LogP contribution is 2.44. The second kappa shape index (κ2) is 11.4. The van der Waals surface area contributed by atoms with Gasteiger partial charge in [0.25, 0.3) is 5.91 Å². The summed E-state index contributed by atoms with van der Waals surface area (Å²) < 4.78 is 13.0. The summed E-state index contributed by atoms with van der Waals surface area (Å²) in [5, 5.41) is 4.29. The van der Waals surface area contributed by atoms with Gasteiger partial charge in [0.05, 0.1) is 32.2 Å². The molecule has 0 radical (unpaired) electrons. The average molecular weight is 657 g/mol. The summed E-state index contributed by atoms with van der Waals surface area (Å²) in [6.07, 6.45) is 1.78. The lowest BCUT2D eigenvalue weighted by molar-refractivity contribution is -0.115. The van der Waals surface area contributed by atoms with Crippen LogP contribution in [0.15, 0.2) is 67.4 Å². The number of halogens is 4. The molecule has 0 aromatic heterocycles. The number of ether oxygens (including phenoxy) is 2. The Morgan fingerprint density at radius 1 is 1.09 bits per heavy atom. The van der Waals surface area contributed by atoms with Gasteiger partial charge in [-0.05, 0) is 97.6 Å². The molecule has 0 spiro atoms. The van der Waals surface area contributed by atoms with Gasteiger partial charge in [0.1, 0.15) is 6.61 Å². The van der Waals surface area contributed by atoms with E-state index in [4.69, 9.17) is 32.7 Å². The minimum Gasteiger partial charge on any atom is -0.493 e. The number of nitrogens with one attached hydrogen (secondary N) is 1. The maximum absolute atomic E-state index is 12.6. The van der Waals surface area contributed by atoms with Gasteiger partial charge in [-0.3, -0.25) is 4.79 Å². The largest absolute Gasteiger partial charge is 0.493 e. The minimum atomic E-state index is -0.218. The SMILES string of the molecule is COc1cc(/C=C2\SC(=Nc3ccccc3C)NC2=O)c(Br)c(Br)c1OCc1ccc(Cl)c(Cl)c1. The topological polar surface area (TPSA) is 59.9 Å². The number of benzene rings is 3. The van der Waals surface area contributed by atoms with Crippen molar-refractivity contribution in [2.75, 3.05) is 7.11 Å². The van der Waals surface area contributed by atoms with Gasteiger partial charge in [-0.15, -0.1) is 0 Å². The van der Waals surface area contributed by atoms with E-state index in [0.717, 1.165) is 22.4 Å². The van der Waals surface area contributed by atoms with Crippen LogP contribution in [0.5, 0.6) is 11.5 Å². The molecule has 1 saturated heterocycles. The monoisotopic (exact) mass is 654 g/mol. The van der Waals surface area contributed by atoms with E-state index in [1.807, 2.05) is 37.3 Å². The maximum Gasteiger partial charge on any atom is 0.264 e. The van der Waals surface area contributed by atoms with Crippen LogP contribution < -0.4 is 14.8 Å². The number of amides is 1. The van der Waals surface area contributed by atoms with Gasteiger partial charge in [-0.25, -0.2) is 4.99 Å². The van der Waals surface area contributed by atoms with Gasteiger partial charge in [-0.2, -0.15) is 0 Å². The molecular formula is C25H18Br2Cl2N2O3S. The van der Waals surface area contributed by atoms with Crippen molar-refractivity contribution in [2.45, 2.75) is 13.5 Å². The predicted octanol–water partition coefficient (Wildman–Crippen LogP) is 8.31. The number of rotatable bonds is 6. The van der Waals surface area contributed by atoms with Crippen molar-refractivity contribution in [1.82, 2.24) is 5.32 Å². The van der Waals surface area contributed by atoms with E-state index in [2.05, 4.69) is 42.2 Å². The lowest BCUT2D eigenvalue weighted by Gasteiger charge is -2.16. The van der Waals surface area contributed by atoms with Crippen LogP contribution in [0.2, 0.25) is 10.0 Å². The molecule has 0 unspecified atom stereocenters. The summed E-state index contributed by atoms with van der Waals surface area (Å²) in [5.41, 5.74) is 3.44. The van der Waals surface area contributed by atoms with Gasteiger partial charge in [0.15, 0.2) is 16.7 Å². The van der Waals surface area contributed by atoms with Crippen molar-refractivity contribution < 1.29 is 14.3 Å². The van der Waals surface area contributed by atoms with Crippen LogP contribution in [0.25, 0.3) is 6.08 Å². The normalized spacial score (nSPS) is 15.5. The number of hydrogen-bond acceptors (Lipinski definition) is 5. The number of hydrogen-bond donors (Lipinski definition) is 1. The first-order chi connectivity index (χ1) is 16.8. The standard InChI is InChI=1S/C25H18Br2Cl2N2O3S/c1-13-5-3-4-6-18(13)30-25-31-24(32)20(35-25)11-15-10-19(33-2)23(22(27)21(15)26)34-12-14-7-8-16(28)17(29)9-14/h3-11H,12H2,1-2H3,(H,30,31,32)/b20-11-. The third-order valence-corrected chi connectivity index (χ3v) is 8.81. The molecule has 1 aliphatic rings. The molecular weight excluding hydrogens is 639 g/mol. The van der Waals surface area contributed by atoms with E-state index in [-0.39, 0.29) is 12.5 Å². The highest BCUT2D eigenvalue weighted by Gasteiger charge is 2.25. The first kappa shape index (κ1) is 26.1. The Kier molecular flexibility index (Phi) is 8.50. The molecule has 4 rings (SSSR count). The van der Waals surface area contributed by atoms with E-state index >= 15 is 0 Å². The Hall–Kier alpha value is -1.97. The smallest absolute Gasteiger partial charge is 0.264 e. The maximum atomic E-state index is 12.6. The molecule has 1 fully saturated rings. The molecule has 0 atom stereocenters. The van der Waals surface area contributed by atoms with Gasteiger partial charge in [0, 0.05) is 4.47 Å². The number of carbonyl (C=O) groups excluding carboxylic acids is 1. The molecule has 1 N–H and O–H groups in total. The van der Waals surface area contributed by atoms with Crippen molar-refractivity contribution in [2.24, 2.45) is 4.99 Å². The van der Waals surface area contributed by atoms with Crippen molar-refractivity contribution in [3.63, 3.8) is 0 Å². The molecule has 0 saturated carbocycles. The van der Waals surface area contributed by atoms with Crippen LogP contribution in [0, 0.1) is 6.92 Å². The zero-order chi connectivity index (χ0) is 25.1. The molecule has 3 aromatic carbocycles. The molecule has 35 heavy (non-hydrogen) atoms. The molecule has 1 amide bonds. The third-order valence-electron chi connectivity index (χ3n) is 5.02. The van der Waals surface area contributed by atoms with Crippen molar-refractivity contribution in [3.8, 4) is 11.5 Å². The van der Waals surface area contributed by atoms with Crippen LogP contribution in [-0.4, -0.2) is 18.2 Å². The second-order valence-corrected chi connectivity index (χ2v) is 10.9. The summed E-state index contributed by atoms with van der Waals surface area (Å²) in [4.78, 5) is 17.7. The number of methoxy groups -OCH3 is 1. The molecule has 1 aliphatic heterocycles. The summed E-state index contributed by atoms with van der Waals surface area (Å²) in [6.45, 7) is 2.24. The second-order valence-electron chi connectivity index (χ2n) is 7.43. The number of nitrogens with zero attached hydrogens (tertiary/aromatic N) is 1. The Balaban J connectivity index is 1.59. The predicted molar refractivity (Wildman–Crippen MR) is 151 cm³/mol. The molecule has 0 aliphatic carbocycles.